The van der Waals surface area contributed by atoms with Crippen molar-refractivity contribution in [1.29, 1.82) is 0 Å². The van der Waals surface area contributed by atoms with Gasteiger partial charge in [0.05, 0.1) is 6.61 Å². The van der Waals surface area contributed by atoms with Crippen molar-refractivity contribution in [1.82, 2.24) is 9.80 Å². The molecule has 0 saturated carbocycles. The van der Waals surface area contributed by atoms with Crippen LogP contribution in [0.4, 0.5) is 0 Å². The monoisotopic (exact) mass is 414 g/mol. The van der Waals surface area contributed by atoms with E-state index >= 15 is 0 Å². The topological polar surface area (TPSA) is 60.9 Å². The quantitative estimate of drug-likeness (QED) is 0.685. The first-order valence-corrected chi connectivity index (χ1v) is 11.2. The fourth-order valence-electron chi connectivity index (χ4n) is 3.84. The summed E-state index contributed by atoms with van der Waals surface area (Å²) in [6.07, 6.45) is 4.50. The van der Waals surface area contributed by atoms with E-state index < -0.39 is 0 Å². The molecular formula is C23H30N2O3S. The minimum atomic E-state index is -0.0780. The molecule has 0 bridgehead atoms. The lowest BCUT2D eigenvalue weighted by Crippen LogP contribution is -2.29. The normalized spacial score (nSPS) is 16.2. The van der Waals surface area contributed by atoms with Crippen LogP contribution in [0, 0.1) is 5.92 Å². The molecule has 156 valence electrons. The van der Waals surface area contributed by atoms with Gasteiger partial charge in [-0.15, -0.1) is 11.3 Å². The van der Waals surface area contributed by atoms with E-state index in [0.717, 1.165) is 38.8 Å². The highest BCUT2D eigenvalue weighted by Crippen LogP contribution is 2.22. The lowest BCUT2D eigenvalue weighted by atomic mass is 9.98. The second-order valence-electron chi connectivity index (χ2n) is 7.78. The molecule has 2 amide bonds. The van der Waals surface area contributed by atoms with E-state index in [-0.39, 0.29) is 18.4 Å². The van der Waals surface area contributed by atoms with Crippen LogP contribution in [0.5, 0.6) is 0 Å². The summed E-state index contributed by atoms with van der Waals surface area (Å²) >= 11 is 1.76. The van der Waals surface area contributed by atoms with Gasteiger partial charge in [0.2, 0.25) is 5.91 Å². The lowest BCUT2D eigenvalue weighted by Gasteiger charge is -2.17. The van der Waals surface area contributed by atoms with Crippen molar-refractivity contribution in [2.75, 3.05) is 33.3 Å². The van der Waals surface area contributed by atoms with Gasteiger partial charge < -0.3 is 14.9 Å². The van der Waals surface area contributed by atoms with Gasteiger partial charge in [-0.1, -0.05) is 18.2 Å². The third-order valence-electron chi connectivity index (χ3n) is 5.54. The van der Waals surface area contributed by atoms with Crippen LogP contribution in [0.15, 0.2) is 41.8 Å². The van der Waals surface area contributed by atoms with Crippen molar-refractivity contribution in [2.24, 2.45) is 5.92 Å². The highest BCUT2D eigenvalue weighted by Gasteiger charge is 2.26. The predicted molar refractivity (Wildman–Crippen MR) is 116 cm³/mol. The predicted octanol–water partition coefficient (Wildman–Crippen LogP) is 3.23. The molecule has 1 unspecified atom stereocenters. The summed E-state index contributed by atoms with van der Waals surface area (Å²) in [6.45, 7) is 1.98. The van der Waals surface area contributed by atoms with Crippen LogP contribution in [-0.4, -0.2) is 60.0 Å². The number of aliphatic hydroxyl groups is 1. The Kier molecular flexibility index (Phi) is 7.83. The van der Waals surface area contributed by atoms with Crippen molar-refractivity contribution in [3.8, 4) is 0 Å². The van der Waals surface area contributed by atoms with Gasteiger partial charge in [0, 0.05) is 43.5 Å². The lowest BCUT2D eigenvalue weighted by molar-refractivity contribution is -0.130. The number of amides is 2. The fraction of sp³-hybridized carbons (Fsp3) is 0.478. The molecule has 2 aromatic rings. The van der Waals surface area contributed by atoms with E-state index in [4.69, 9.17) is 5.11 Å². The first-order chi connectivity index (χ1) is 14.1. The largest absolute Gasteiger partial charge is 0.395 e. The van der Waals surface area contributed by atoms with E-state index in [2.05, 4.69) is 17.5 Å². The van der Waals surface area contributed by atoms with Crippen LogP contribution < -0.4 is 0 Å². The van der Waals surface area contributed by atoms with Crippen LogP contribution in [0.25, 0.3) is 0 Å². The maximum Gasteiger partial charge on any atom is 0.253 e. The van der Waals surface area contributed by atoms with Crippen molar-refractivity contribution in [3.63, 3.8) is 0 Å². The minimum Gasteiger partial charge on any atom is -0.395 e. The summed E-state index contributed by atoms with van der Waals surface area (Å²) in [5.74, 6) is 0.678. The van der Waals surface area contributed by atoms with Crippen LogP contribution >= 0.6 is 11.3 Å². The number of hydrogen-bond acceptors (Lipinski definition) is 4. The maximum absolute atomic E-state index is 12.5. The molecule has 29 heavy (non-hydrogen) atoms. The number of benzene rings is 1. The second-order valence-corrected chi connectivity index (χ2v) is 8.81. The molecule has 1 fully saturated rings. The third-order valence-corrected chi connectivity index (χ3v) is 6.48. The Hall–Kier alpha value is -2.18. The van der Waals surface area contributed by atoms with Gasteiger partial charge in [0.1, 0.15) is 0 Å². The Morgan fingerprint density at radius 1 is 1.24 bits per heavy atom. The average Bonchev–Trinajstić information content (AvgIpc) is 3.40. The SMILES string of the molecule is CN(CCO)C(=O)c1ccc(CC2CCN(C(=O)CCCc3cccs3)C2)cc1. The number of likely N-dealkylation sites (tertiary alicyclic amines) is 1. The smallest absolute Gasteiger partial charge is 0.253 e. The van der Waals surface area contributed by atoms with Crippen molar-refractivity contribution in [2.45, 2.75) is 32.1 Å². The van der Waals surface area contributed by atoms with Gasteiger partial charge >= 0.3 is 0 Å². The molecule has 2 heterocycles. The molecule has 1 atom stereocenters. The van der Waals surface area contributed by atoms with E-state index in [1.54, 1.807) is 18.4 Å². The second kappa shape index (κ2) is 10.6. The zero-order valence-corrected chi connectivity index (χ0v) is 17.9. The summed E-state index contributed by atoms with van der Waals surface area (Å²) in [5.41, 5.74) is 1.84. The van der Waals surface area contributed by atoms with E-state index in [1.807, 2.05) is 29.2 Å². The van der Waals surface area contributed by atoms with E-state index in [9.17, 15) is 9.59 Å². The number of rotatable bonds is 9. The Labute approximate surface area is 177 Å². The molecule has 0 radical (unpaired) electrons. The Morgan fingerprint density at radius 2 is 2.03 bits per heavy atom. The number of likely N-dealkylation sites (N-methyl/N-ethyl adjacent to an activating group) is 1. The number of carbonyl (C=O) groups excluding carboxylic acids is 2. The van der Waals surface area contributed by atoms with Gasteiger partial charge in [-0.3, -0.25) is 9.59 Å². The minimum absolute atomic E-state index is 0.0365. The van der Waals surface area contributed by atoms with Crippen molar-refractivity contribution in [3.05, 3.63) is 57.8 Å². The molecule has 5 nitrogen and oxygen atoms in total. The zero-order valence-electron chi connectivity index (χ0n) is 17.0. The Bertz CT molecular complexity index is 789. The molecule has 1 aliphatic heterocycles. The van der Waals surface area contributed by atoms with Gasteiger partial charge in [-0.05, 0) is 60.7 Å². The van der Waals surface area contributed by atoms with Gasteiger partial charge in [-0.2, -0.15) is 0 Å². The first-order valence-electron chi connectivity index (χ1n) is 10.3. The van der Waals surface area contributed by atoms with E-state index in [1.165, 1.54) is 15.3 Å². The Morgan fingerprint density at radius 3 is 2.72 bits per heavy atom. The van der Waals surface area contributed by atoms with E-state index in [0.29, 0.717) is 24.4 Å². The summed E-state index contributed by atoms with van der Waals surface area (Å²) in [6, 6.07) is 11.9. The summed E-state index contributed by atoms with van der Waals surface area (Å²) in [5, 5.41) is 11.0. The molecule has 0 aliphatic carbocycles. The summed E-state index contributed by atoms with van der Waals surface area (Å²) in [4.78, 5) is 29.6. The van der Waals surface area contributed by atoms with Gasteiger partial charge in [0.15, 0.2) is 0 Å². The summed E-state index contributed by atoms with van der Waals surface area (Å²) in [7, 11) is 1.69. The molecule has 0 spiro atoms. The average molecular weight is 415 g/mol. The molecule has 1 saturated heterocycles. The number of thiophene rings is 1. The molecule has 1 aliphatic rings. The maximum atomic E-state index is 12.5. The van der Waals surface area contributed by atoms with Crippen molar-refractivity contribution >= 4 is 23.2 Å². The zero-order chi connectivity index (χ0) is 20.6. The highest BCUT2D eigenvalue weighted by atomic mass is 32.1. The fourth-order valence-corrected chi connectivity index (χ4v) is 4.59. The molecule has 3 rings (SSSR count). The van der Waals surface area contributed by atoms with Crippen LogP contribution in [0.3, 0.4) is 0 Å². The molecular weight excluding hydrogens is 384 g/mol. The van der Waals surface area contributed by atoms with Gasteiger partial charge in [-0.25, -0.2) is 0 Å². The number of carbonyl (C=O) groups is 2. The van der Waals surface area contributed by atoms with Crippen LogP contribution in [0.2, 0.25) is 0 Å². The number of hydrogen-bond donors (Lipinski definition) is 1. The molecule has 6 heteroatoms. The number of aryl methyl sites for hydroxylation is 1. The standard InChI is InChI=1S/C23H30N2O3S/c1-24(13-14-26)23(28)20-9-7-18(8-10-20)16-19-11-12-25(17-19)22(27)6-2-4-21-5-3-15-29-21/h3,5,7-10,15,19,26H,2,4,6,11-14,16-17H2,1H3. The number of aliphatic hydroxyl groups excluding tert-OH is 1. The molecule has 1 N–H and O–H groups in total. The highest BCUT2D eigenvalue weighted by molar-refractivity contribution is 7.09. The number of nitrogens with zero attached hydrogens (tertiary/aromatic N) is 2. The van der Waals surface area contributed by atoms with Gasteiger partial charge in [0.25, 0.3) is 5.91 Å². The van der Waals surface area contributed by atoms with Crippen molar-refractivity contribution < 1.29 is 14.7 Å². The Balaban J connectivity index is 1.43. The van der Waals surface area contributed by atoms with Crippen LogP contribution in [0.1, 0.15) is 40.1 Å². The molecule has 1 aromatic heterocycles. The first kappa shape index (κ1) is 21.5. The van der Waals surface area contributed by atoms with Crippen LogP contribution in [-0.2, 0) is 17.6 Å². The third kappa shape index (κ3) is 6.15. The summed E-state index contributed by atoms with van der Waals surface area (Å²) < 4.78 is 0. The molecule has 1 aromatic carbocycles.